The number of aliphatic carboxylic acids is 1. The van der Waals surface area contributed by atoms with E-state index in [2.05, 4.69) is 4.98 Å². The number of nitrogens with zero attached hydrogens (tertiary/aromatic N) is 1. The molecule has 5 aromatic rings. The molecule has 1 aromatic heterocycles. The monoisotopic (exact) mass is 549 g/mol. The van der Waals surface area contributed by atoms with Gasteiger partial charge in [-0.25, -0.2) is 4.79 Å². The van der Waals surface area contributed by atoms with Crippen LogP contribution in [0.5, 0.6) is 17.2 Å². The van der Waals surface area contributed by atoms with Gasteiger partial charge in [-0.05, 0) is 72.2 Å². The molecule has 0 unspecified atom stereocenters. The molecule has 0 aliphatic rings. The Morgan fingerprint density at radius 1 is 0.900 bits per heavy atom. The second-order valence-corrected chi connectivity index (χ2v) is 9.52. The van der Waals surface area contributed by atoms with Crippen LogP contribution in [0.1, 0.15) is 32.6 Å². The highest BCUT2D eigenvalue weighted by Crippen LogP contribution is 2.36. The number of hydrogen-bond acceptors (Lipinski definition) is 5. The Hall–Kier alpha value is -4.94. The van der Waals surface area contributed by atoms with E-state index in [1.807, 2.05) is 55.5 Å². The van der Waals surface area contributed by atoms with E-state index in [4.69, 9.17) is 26.2 Å². The number of carboxylic acid groups (broad SMARTS) is 1. The normalized spacial score (nSPS) is 11.1. The Labute approximate surface area is 236 Å². The van der Waals surface area contributed by atoms with Crippen molar-refractivity contribution in [3.63, 3.8) is 0 Å². The van der Waals surface area contributed by atoms with Crippen molar-refractivity contribution in [2.45, 2.75) is 13.5 Å². The molecule has 0 spiro atoms. The van der Waals surface area contributed by atoms with Gasteiger partial charge in [0.05, 0.1) is 11.1 Å². The van der Waals surface area contributed by atoms with Gasteiger partial charge >= 0.3 is 5.97 Å². The summed E-state index contributed by atoms with van der Waals surface area (Å²) in [6.45, 7) is 2.23. The zero-order chi connectivity index (χ0) is 28.1. The molecule has 0 radical (unpaired) electrons. The number of hydrogen-bond donors (Lipinski definition) is 1. The van der Waals surface area contributed by atoms with Crippen LogP contribution in [0.3, 0.4) is 0 Å². The molecule has 7 heteroatoms. The first-order valence-electron chi connectivity index (χ1n) is 12.5. The minimum Gasteiger partial charge on any atom is -0.489 e. The van der Waals surface area contributed by atoms with E-state index in [1.165, 1.54) is 12.3 Å². The number of carbonyl (C=O) groups excluding carboxylic acids is 1. The van der Waals surface area contributed by atoms with Crippen LogP contribution in [0.2, 0.25) is 5.02 Å². The van der Waals surface area contributed by atoms with Crippen LogP contribution in [0.15, 0.2) is 103 Å². The van der Waals surface area contributed by atoms with Gasteiger partial charge in [-0.1, -0.05) is 54.1 Å². The number of halogens is 1. The lowest BCUT2D eigenvalue weighted by molar-refractivity contribution is -0.131. The van der Waals surface area contributed by atoms with Gasteiger partial charge in [0.25, 0.3) is 0 Å². The van der Waals surface area contributed by atoms with E-state index in [-0.39, 0.29) is 5.78 Å². The van der Waals surface area contributed by atoms with E-state index in [0.717, 1.165) is 17.2 Å². The van der Waals surface area contributed by atoms with E-state index in [1.54, 1.807) is 42.5 Å². The molecule has 1 N–H and O–H groups in total. The van der Waals surface area contributed by atoms with Crippen molar-refractivity contribution in [2.75, 3.05) is 0 Å². The SMILES string of the molecule is Cc1cc(Cl)ccc1C(=O)c1cnc2cc(OCc3ccccc3)ccc2c1Oc1ccc(/C=C/C(=O)O)cc1. The minimum absolute atomic E-state index is 0.246. The lowest BCUT2D eigenvalue weighted by Crippen LogP contribution is -2.07. The molecule has 1 heterocycles. The predicted octanol–water partition coefficient (Wildman–Crippen LogP) is 7.90. The zero-order valence-electron chi connectivity index (χ0n) is 21.5. The Bertz CT molecular complexity index is 1730. The zero-order valence-corrected chi connectivity index (χ0v) is 22.3. The summed E-state index contributed by atoms with van der Waals surface area (Å²) in [5.74, 6) is 0.191. The quantitative estimate of drug-likeness (QED) is 0.148. The van der Waals surface area contributed by atoms with Crippen LogP contribution in [0.4, 0.5) is 0 Å². The highest BCUT2D eigenvalue weighted by Gasteiger charge is 2.21. The van der Waals surface area contributed by atoms with Crippen LogP contribution in [-0.4, -0.2) is 21.8 Å². The van der Waals surface area contributed by atoms with Crippen molar-refractivity contribution in [3.05, 3.63) is 136 Å². The van der Waals surface area contributed by atoms with Crippen LogP contribution in [0.25, 0.3) is 17.0 Å². The Morgan fingerprint density at radius 3 is 2.38 bits per heavy atom. The van der Waals surface area contributed by atoms with Crippen molar-refractivity contribution in [2.24, 2.45) is 0 Å². The lowest BCUT2D eigenvalue weighted by atomic mass is 9.98. The van der Waals surface area contributed by atoms with Gasteiger partial charge in [0.1, 0.15) is 23.9 Å². The van der Waals surface area contributed by atoms with Gasteiger partial charge < -0.3 is 14.6 Å². The second kappa shape index (κ2) is 11.8. The van der Waals surface area contributed by atoms with E-state index in [9.17, 15) is 9.59 Å². The molecule has 4 aromatic carbocycles. The maximum Gasteiger partial charge on any atom is 0.328 e. The average Bonchev–Trinajstić information content (AvgIpc) is 2.96. The number of fused-ring (bicyclic) bond motifs is 1. The van der Waals surface area contributed by atoms with Crippen LogP contribution < -0.4 is 9.47 Å². The maximum absolute atomic E-state index is 13.7. The summed E-state index contributed by atoms with van der Waals surface area (Å²) in [7, 11) is 0. The molecule has 0 saturated carbocycles. The molecule has 198 valence electrons. The first kappa shape index (κ1) is 26.7. The Balaban J connectivity index is 1.53. The summed E-state index contributed by atoms with van der Waals surface area (Å²) in [6, 6.07) is 27.3. The van der Waals surface area contributed by atoms with Gasteiger partial charge in [-0.2, -0.15) is 0 Å². The Kier molecular flexibility index (Phi) is 7.89. The van der Waals surface area contributed by atoms with E-state index < -0.39 is 5.97 Å². The molecule has 0 aliphatic heterocycles. The van der Waals surface area contributed by atoms with Gasteiger partial charge in [0.15, 0.2) is 5.78 Å². The number of aromatic nitrogens is 1. The van der Waals surface area contributed by atoms with E-state index >= 15 is 0 Å². The molecule has 0 aliphatic carbocycles. The van der Waals surface area contributed by atoms with Crippen molar-refractivity contribution in [1.82, 2.24) is 4.98 Å². The topological polar surface area (TPSA) is 85.7 Å². The summed E-state index contributed by atoms with van der Waals surface area (Å²) >= 11 is 6.12. The number of carboxylic acids is 1. The molecule has 0 saturated heterocycles. The third kappa shape index (κ3) is 6.20. The van der Waals surface area contributed by atoms with Crippen LogP contribution in [-0.2, 0) is 11.4 Å². The minimum atomic E-state index is -1.03. The fraction of sp³-hybridized carbons (Fsp3) is 0.0606. The van der Waals surface area contributed by atoms with E-state index in [0.29, 0.717) is 56.5 Å². The summed E-state index contributed by atoms with van der Waals surface area (Å²) in [5, 5.41) is 10.1. The lowest BCUT2D eigenvalue weighted by Gasteiger charge is -2.15. The third-order valence-corrected chi connectivity index (χ3v) is 6.47. The molecule has 0 atom stereocenters. The molecule has 5 rings (SSSR count). The molecule has 0 fully saturated rings. The van der Waals surface area contributed by atoms with Crippen molar-refractivity contribution in [1.29, 1.82) is 0 Å². The molecular weight excluding hydrogens is 526 g/mol. The van der Waals surface area contributed by atoms with Crippen molar-refractivity contribution < 1.29 is 24.2 Å². The fourth-order valence-electron chi connectivity index (χ4n) is 4.21. The third-order valence-electron chi connectivity index (χ3n) is 6.24. The van der Waals surface area contributed by atoms with Crippen molar-refractivity contribution >= 4 is 40.3 Å². The molecule has 6 nitrogen and oxygen atoms in total. The Morgan fingerprint density at radius 2 is 1.65 bits per heavy atom. The smallest absolute Gasteiger partial charge is 0.328 e. The first-order chi connectivity index (χ1) is 19.4. The van der Waals surface area contributed by atoms with Crippen LogP contribution in [0, 0.1) is 6.92 Å². The number of ketones is 1. The average molecular weight is 550 g/mol. The standard InChI is InChI=1S/C33H24ClNO5/c1-21-17-24(34)10-14-27(21)32(38)29-19-35-30-18-26(39-20-23-5-3-2-4-6-23)13-15-28(30)33(29)40-25-11-7-22(8-12-25)9-16-31(36)37/h2-19H,20H2,1H3,(H,36,37)/b16-9+. The van der Waals surface area contributed by atoms with Gasteiger partial charge in [0.2, 0.25) is 0 Å². The fourth-order valence-corrected chi connectivity index (χ4v) is 4.44. The van der Waals surface area contributed by atoms with Crippen molar-refractivity contribution in [3.8, 4) is 17.2 Å². The number of aryl methyl sites for hydroxylation is 1. The largest absolute Gasteiger partial charge is 0.489 e. The summed E-state index contributed by atoms with van der Waals surface area (Å²) in [6.07, 6.45) is 4.07. The maximum atomic E-state index is 13.7. The van der Waals surface area contributed by atoms with Crippen LogP contribution >= 0.6 is 11.6 Å². The highest BCUT2D eigenvalue weighted by molar-refractivity contribution is 6.30. The number of carbonyl (C=O) groups is 2. The number of benzene rings is 4. The second-order valence-electron chi connectivity index (χ2n) is 9.09. The first-order valence-corrected chi connectivity index (χ1v) is 12.8. The number of ether oxygens (including phenoxy) is 2. The molecular formula is C33H24ClNO5. The summed E-state index contributed by atoms with van der Waals surface area (Å²) < 4.78 is 12.3. The van der Waals surface area contributed by atoms with Gasteiger partial charge in [-0.3, -0.25) is 9.78 Å². The van der Waals surface area contributed by atoms with Gasteiger partial charge in [0, 0.05) is 34.3 Å². The molecule has 40 heavy (non-hydrogen) atoms. The molecule has 0 bridgehead atoms. The predicted molar refractivity (Wildman–Crippen MR) is 155 cm³/mol. The number of pyridine rings is 1. The summed E-state index contributed by atoms with van der Waals surface area (Å²) in [5.41, 5.74) is 3.87. The number of rotatable bonds is 9. The molecule has 0 amide bonds. The highest BCUT2D eigenvalue weighted by atomic mass is 35.5. The summed E-state index contributed by atoms with van der Waals surface area (Å²) in [4.78, 5) is 29.1. The van der Waals surface area contributed by atoms with Gasteiger partial charge in [-0.15, -0.1) is 0 Å².